The van der Waals surface area contributed by atoms with Gasteiger partial charge in [-0.15, -0.1) is 0 Å². The van der Waals surface area contributed by atoms with Gasteiger partial charge in [0.15, 0.2) is 0 Å². The SMILES string of the molecule is O=C(CCC(F)(F)F)Cc1cccc(-c2cnc3cc(C#Cc4cccnc4)ccn23)c1.O=C(CCC(F)(F)F)Cc1cccc(-c2cnc3cc(Cl)ccn23)c1. The number of nitrogens with zero attached hydrogens (tertiary/aromatic N) is 5. The van der Waals surface area contributed by atoms with Crippen LogP contribution >= 0.6 is 11.6 Å². The van der Waals surface area contributed by atoms with Crippen LogP contribution in [0.15, 0.2) is 122 Å². The average molecular weight is 800 g/mol. The molecule has 0 amide bonds. The Hall–Kier alpha value is -6.26. The zero-order valence-electron chi connectivity index (χ0n) is 30.0. The van der Waals surface area contributed by atoms with Crippen LogP contribution in [0.4, 0.5) is 26.3 Å². The number of carbonyl (C=O) groups excluding carboxylic acids is 2. The lowest BCUT2D eigenvalue weighted by Crippen LogP contribution is -2.12. The van der Waals surface area contributed by atoms with Gasteiger partial charge in [-0.3, -0.25) is 23.4 Å². The van der Waals surface area contributed by atoms with Crippen LogP contribution in [-0.4, -0.2) is 47.7 Å². The van der Waals surface area contributed by atoms with Gasteiger partial charge in [0.1, 0.15) is 22.9 Å². The summed E-state index contributed by atoms with van der Waals surface area (Å²) >= 11 is 5.95. The summed E-state index contributed by atoms with van der Waals surface area (Å²) in [5, 5.41) is 0.577. The maximum atomic E-state index is 12.3. The highest BCUT2D eigenvalue weighted by atomic mass is 35.5. The molecule has 290 valence electrons. The standard InChI is InChI=1S/C25H18F3N3O.C18H14ClF3N2O/c26-25(27,28)10-8-22(32)14-20-3-1-5-21(13-20)23-17-30-24-15-18(9-12-31(23)24)6-7-19-4-2-11-29-16-19;19-14-5-7-24-16(11-23-17(24)10-14)13-3-1-2-12(8-13)9-15(25)4-6-18(20,21)22/h1-5,9,11-13,15-17H,8,10,14H2;1-3,5,7-8,10-11H,4,6,9H2. The molecule has 0 saturated carbocycles. The van der Waals surface area contributed by atoms with E-state index in [0.29, 0.717) is 27.4 Å². The predicted molar refractivity (Wildman–Crippen MR) is 204 cm³/mol. The second kappa shape index (κ2) is 17.7. The molecular formula is C43H32ClF6N5O2. The number of pyridine rings is 3. The number of hydrogen-bond donors (Lipinski definition) is 0. The number of halogens is 7. The van der Waals surface area contributed by atoms with Gasteiger partial charge in [-0.1, -0.05) is 59.8 Å². The highest BCUT2D eigenvalue weighted by Crippen LogP contribution is 2.27. The van der Waals surface area contributed by atoms with Gasteiger partial charge in [0, 0.05) is 83.8 Å². The first-order valence-corrected chi connectivity index (χ1v) is 17.9. The van der Waals surface area contributed by atoms with Crippen molar-refractivity contribution in [3.05, 3.63) is 149 Å². The van der Waals surface area contributed by atoms with Crippen molar-refractivity contribution < 1.29 is 35.9 Å². The Bertz CT molecular complexity index is 2590. The number of Topliss-reactive ketones (excluding diaryl/α,β-unsaturated/α-hetero) is 2. The third kappa shape index (κ3) is 11.6. The third-order valence-electron chi connectivity index (χ3n) is 8.62. The highest BCUT2D eigenvalue weighted by molar-refractivity contribution is 6.30. The number of benzene rings is 2. The maximum absolute atomic E-state index is 12.3. The van der Waals surface area contributed by atoms with E-state index in [0.717, 1.165) is 33.6 Å². The summed E-state index contributed by atoms with van der Waals surface area (Å²) < 4.78 is 77.4. The molecule has 57 heavy (non-hydrogen) atoms. The molecule has 7 aromatic rings. The van der Waals surface area contributed by atoms with E-state index in [4.69, 9.17) is 11.6 Å². The highest BCUT2D eigenvalue weighted by Gasteiger charge is 2.28. The van der Waals surface area contributed by atoms with Crippen molar-refractivity contribution in [2.45, 2.75) is 50.9 Å². The molecule has 0 aliphatic heterocycles. The Morgan fingerprint density at radius 2 is 1.14 bits per heavy atom. The molecule has 0 aliphatic carbocycles. The molecule has 0 atom stereocenters. The molecule has 0 radical (unpaired) electrons. The van der Waals surface area contributed by atoms with Crippen molar-refractivity contribution in [1.82, 2.24) is 23.8 Å². The van der Waals surface area contributed by atoms with E-state index in [9.17, 15) is 35.9 Å². The van der Waals surface area contributed by atoms with Gasteiger partial charge in [-0.05, 0) is 53.6 Å². The van der Waals surface area contributed by atoms with Crippen LogP contribution in [0.5, 0.6) is 0 Å². The molecule has 5 aromatic heterocycles. The molecular weight excluding hydrogens is 768 g/mol. The molecule has 2 aromatic carbocycles. The normalized spacial score (nSPS) is 11.5. The number of rotatable bonds is 10. The van der Waals surface area contributed by atoms with E-state index in [1.54, 1.807) is 73.4 Å². The van der Waals surface area contributed by atoms with Crippen molar-refractivity contribution in [1.29, 1.82) is 0 Å². The van der Waals surface area contributed by atoms with Crippen LogP contribution in [0.2, 0.25) is 5.02 Å². The number of carbonyl (C=O) groups is 2. The first kappa shape index (κ1) is 40.4. The lowest BCUT2D eigenvalue weighted by Gasteiger charge is -2.07. The first-order chi connectivity index (χ1) is 27.2. The monoisotopic (exact) mass is 799 g/mol. The summed E-state index contributed by atoms with van der Waals surface area (Å²) in [4.78, 5) is 36.5. The quantitative estimate of drug-likeness (QED) is 0.102. The number of imidazole rings is 2. The van der Waals surface area contributed by atoms with Crippen molar-refractivity contribution in [2.75, 3.05) is 0 Å². The molecule has 5 heterocycles. The van der Waals surface area contributed by atoms with Crippen molar-refractivity contribution in [3.8, 4) is 34.4 Å². The van der Waals surface area contributed by atoms with E-state index in [-0.39, 0.29) is 12.8 Å². The summed E-state index contributed by atoms with van der Waals surface area (Å²) in [6.45, 7) is 0. The molecule has 0 spiro atoms. The largest absolute Gasteiger partial charge is 0.389 e. The number of ketones is 2. The van der Waals surface area contributed by atoms with Crippen LogP contribution in [0.3, 0.4) is 0 Å². The van der Waals surface area contributed by atoms with E-state index < -0.39 is 49.6 Å². The lowest BCUT2D eigenvalue weighted by molar-refractivity contribution is -0.143. The van der Waals surface area contributed by atoms with Crippen molar-refractivity contribution >= 4 is 34.5 Å². The van der Waals surface area contributed by atoms with Crippen molar-refractivity contribution in [2.24, 2.45) is 0 Å². The maximum Gasteiger partial charge on any atom is 0.389 e. The van der Waals surface area contributed by atoms with E-state index >= 15 is 0 Å². The first-order valence-electron chi connectivity index (χ1n) is 17.6. The van der Waals surface area contributed by atoms with Crippen molar-refractivity contribution in [3.63, 3.8) is 0 Å². The summed E-state index contributed by atoms with van der Waals surface area (Å²) in [7, 11) is 0. The van der Waals surface area contributed by atoms with Gasteiger partial charge in [-0.2, -0.15) is 26.3 Å². The van der Waals surface area contributed by atoms with Crippen LogP contribution in [0.25, 0.3) is 33.8 Å². The molecule has 0 bridgehead atoms. The fraction of sp³-hybridized carbons (Fsp3) is 0.186. The van der Waals surface area contributed by atoms with Gasteiger partial charge < -0.3 is 0 Å². The molecule has 0 fully saturated rings. The topological polar surface area (TPSA) is 81.6 Å². The van der Waals surface area contributed by atoms with E-state index in [2.05, 4.69) is 26.8 Å². The van der Waals surface area contributed by atoms with Gasteiger partial charge in [-0.25, -0.2) is 9.97 Å². The fourth-order valence-corrected chi connectivity index (χ4v) is 6.05. The van der Waals surface area contributed by atoms with Gasteiger partial charge >= 0.3 is 12.4 Å². The Balaban J connectivity index is 0.000000199. The summed E-state index contributed by atoms with van der Waals surface area (Å²) in [6, 6.07) is 25.3. The fourth-order valence-electron chi connectivity index (χ4n) is 5.90. The van der Waals surface area contributed by atoms with Crippen LogP contribution in [0.1, 0.15) is 47.9 Å². The minimum absolute atomic E-state index is 0.0213. The third-order valence-corrected chi connectivity index (χ3v) is 8.86. The Kier molecular flexibility index (Phi) is 12.5. The van der Waals surface area contributed by atoms with Crippen LogP contribution in [-0.2, 0) is 22.4 Å². The van der Waals surface area contributed by atoms with Gasteiger partial charge in [0.25, 0.3) is 0 Å². The molecule has 0 aliphatic rings. The molecule has 0 N–H and O–H groups in total. The Morgan fingerprint density at radius 1 is 0.614 bits per heavy atom. The van der Waals surface area contributed by atoms with Gasteiger partial charge in [0.05, 0.1) is 36.6 Å². The average Bonchev–Trinajstić information content (AvgIpc) is 3.80. The zero-order chi connectivity index (χ0) is 40.6. The van der Waals surface area contributed by atoms with E-state index in [1.807, 2.05) is 57.5 Å². The Morgan fingerprint density at radius 3 is 1.67 bits per heavy atom. The molecule has 0 unspecified atom stereocenters. The number of hydrogen-bond acceptors (Lipinski definition) is 5. The lowest BCUT2D eigenvalue weighted by atomic mass is 10.0. The Labute approximate surface area is 328 Å². The van der Waals surface area contributed by atoms with E-state index in [1.165, 1.54) is 0 Å². The number of fused-ring (bicyclic) bond motifs is 2. The second-order valence-electron chi connectivity index (χ2n) is 13.1. The van der Waals surface area contributed by atoms with Crippen LogP contribution < -0.4 is 0 Å². The summed E-state index contributed by atoms with van der Waals surface area (Å²) in [5.41, 5.74) is 7.66. The minimum atomic E-state index is -4.32. The summed E-state index contributed by atoms with van der Waals surface area (Å²) in [5.74, 6) is 5.29. The van der Waals surface area contributed by atoms with Crippen LogP contribution in [0, 0.1) is 11.8 Å². The zero-order valence-corrected chi connectivity index (χ0v) is 30.7. The number of aromatic nitrogens is 5. The smallest absolute Gasteiger partial charge is 0.300 e. The second-order valence-corrected chi connectivity index (χ2v) is 13.5. The molecule has 0 saturated heterocycles. The number of alkyl halides is 6. The molecule has 14 heteroatoms. The summed E-state index contributed by atoms with van der Waals surface area (Å²) in [6.07, 6.45) is -1.41. The molecule has 7 rings (SSSR count). The molecule has 7 nitrogen and oxygen atoms in total. The predicted octanol–water partition coefficient (Wildman–Crippen LogP) is 10.4. The minimum Gasteiger partial charge on any atom is -0.300 e. The van der Waals surface area contributed by atoms with Gasteiger partial charge in [0.2, 0.25) is 0 Å².